The first kappa shape index (κ1) is 14.0. The predicted molar refractivity (Wildman–Crippen MR) is 66.4 cm³/mol. The maximum Gasteiger partial charge on any atom is 0.416 e. The van der Waals surface area contributed by atoms with Crippen LogP contribution in [-0.2, 0) is 6.18 Å². The molecule has 1 aromatic heterocycles. The molecule has 104 valence electrons. The second-order valence-corrected chi connectivity index (χ2v) is 4.26. The van der Waals surface area contributed by atoms with E-state index >= 15 is 0 Å². The number of rotatable bonds is 2. The number of carbonyl (C=O) groups is 1. The molecule has 6 heteroatoms. The summed E-state index contributed by atoms with van der Waals surface area (Å²) in [5.41, 5.74) is 0.154. The zero-order valence-corrected chi connectivity index (χ0v) is 10.4. The molecule has 0 radical (unpaired) electrons. The molecule has 1 aromatic carbocycles. The predicted octanol–water partition coefficient (Wildman–Crippen LogP) is 3.77. The van der Waals surface area contributed by atoms with E-state index in [9.17, 15) is 18.0 Å². The van der Waals surface area contributed by atoms with Crippen molar-refractivity contribution in [2.75, 3.05) is 0 Å². The standard InChI is InChI=1S/C14H10F3NO2/c1-8-6-9(2-3-11(8)14(15,16)17)12-7-10(13(19)20)4-5-18-12/h2-7H,1H3,(H,19,20). The topological polar surface area (TPSA) is 50.2 Å². The van der Waals surface area contributed by atoms with Crippen molar-refractivity contribution >= 4 is 5.97 Å². The Bertz CT molecular complexity index is 666. The molecule has 0 aliphatic heterocycles. The van der Waals surface area contributed by atoms with Gasteiger partial charge in [-0.05, 0) is 36.8 Å². The lowest BCUT2D eigenvalue weighted by Gasteiger charge is -2.11. The number of aromatic nitrogens is 1. The molecule has 2 rings (SSSR count). The Morgan fingerprint density at radius 1 is 1.20 bits per heavy atom. The summed E-state index contributed by atoms with van der Waals surface area (Å²) in [6, 6.07) is 6.24. The van der Waals surface area contributed by atoms with E-state index in [0.29, 0.717) is 11.3 Å². The van der Waals surface area contributed by atoms with Crippen LogP contribution in [0.15, 0.2) is 36.5 Å². The zero-order chi connectivity index (χ0) is 14.9. The highest BCUT2D eigenvalue weighted by atomic mass is 19.4. The summed E-state index contributed by atoms with van der Waals surface area (Å²) in [7, 11) is 0. The normalized spacial score (nSPS) is 11.4. The zero-order valence-electron chi connectivity index (χ0n) is 10.4. The van der Waals surface area contributed by atoms with Gasteiger partial charge in [0.25, 0.3) is 0 Å². The van der Waals surface area contributed by atoms with E-state index in [-0.39, 0.29) is 11.1 Å². The molecular formula is C14H10F3NO2. The van der Waals surface area contributed by atoms with E-state index in [1.807, 2.05) is 0 Å². The van der Waals surface area contributed by atoms with Crippen LogP contribution in [0.3, 0.4) is 0 Å². The Kier molecular flexibility index (Phi) is 3.48. The van der Waals surface area contributed by atoms with Crippen molar-refractivity contribution in [3.63, 3.8) is 0 Å². The van der Waals surface area contributed by atoms with Crippen LogP contribution in [0, 0.1) is 6.92 Å². The monoisotopic (exact) mass is 281 g/mol. The van der Waals surface area contributed by atoms with E-state index in [4.69, 9.17) is 5.11 Å². The molecule has 0 fully saturated rings. The summed E-state index contributed by atoms with van der Waals surface area (Å²) in [4.78, 5) is 14.8. The third-order valence-electron chi connectivity index (χ3n) is 2.83. The van der Waals surface area contributed by atoms with Gasteiger partial charge in [0.15, 0.2) is 0 Å². The third-order valence-corrected chi connectivity index (χ3v) is 2.83. The number of pyridine rings is 1. The van der Waals surface area contributed by atoms with Crippen molar-refractivity contribution in [2.24, 2.45) is 0 Å². The van der Waals surface area contributed by atoms with E-state index in [2.05, 4.69) is 4.98 Å². The van der Waals surface area contributed by atoms with Crippen LogP contribution in [0.25, 0.3) is 11.3 Å². The fraction of sp³-hybridized carbons (Fsp3) is 0.143. The molecule has 2 aromatic rings. The van der Waals surface area contributed by atoms with Gasteiger partial charge in [-0.15, -0.1) is 0 Å². The average molecular weight is 281 g/mol. The number of carboxylic acids is 1. The molecule has 0 saturated heterocycles. The van der Waals surface area contributed by atoms with Gasteiger partial charge in [-0.3, -0.25) is 4.98 Å². The number of benzene rings is 1. The second-order valence-electron chi connectivity index (χ2n) is 4.26. The maximum atomic E-state index is 12.7. The molecule has 0 amide bonds. The van der Waals surface area contributed by atoms with Crippen LogP contribution in [-0.4, -0.2) is 16.1 Å². The minimum Gasteiger partial charge on any atom is -0.478 e. The smallest absolute Gasteiger partial charge is 0.416 e. The van der Waals surface area contributed by atoms with E-state index in [1.165, 1.54) is 37.4 Å². The number of halogens is 3. The van der Waals surface area contributed by atoms with Crippen LogP contribution in [0.1, 0.15) is 21.5 Å². The van der Waals surface area contributed by atoms with Gasteiger partial charge in [0.2, 0.25) is 0 Å². The lowest BCUT2D eigenvalue weighted by atomic mass is 10.0. The van der Waals surface area contributed by atoms with Gasteiger partial charge in [-0.1, -0.05) is 6.07 Å². The summed E-state index contributed by atoms with van der Waals surface area (Å²) < 4.78 is 38.0. The Labute approximate surface area is 112 Å². The van der Waals surface area contributed by atoms with Gasteiger partial charge < -0.3 is 5.11 Å². The first-order valence-electron chi connectivity index (χ1n) is 5.66. The Balaban J connectivity index is 2.47. The number of carboxylic acid groups (broad SMARTS) is 1. The van der Waals surface area contributed by atoms with Gasteiger partial charge in [0.1, 0.15) is 0 Å². The minimum atomic E-state index is -4.40. The van der Waals surface area contributed by atoms with E-state index in [0.717, 1.165) is 6.07 Å². The molecule has 20 heavy (non-hydrogen) atoms. The van der Waals surface area contributed by atoms with Crippen molar-refractivity contribution in [3.05, 3.63) is 53.2 Å². The lowest BCUT2D eigenvalue weighted by molar-refractivity contribution is -0.138. The fourth-order valence-corrected chi connectivity index (χ4v) is 1.86. The summed E-state index contributed by atoms with van der Waals surface area (Å²) >= 11 is 0. The highest BCUT2D eigenvalue weighted by Crippen LogP contribution is 2.33. The molecule has 0 aliphatic rings. The minimum absolute atomic E-state index is 0.0348. The quantitative estimate of drug-likeness (QED) is 0.911. The van der Waals surface area contributed by atoms with E-state index in [1.54, 1.807) is 0 Å². The molecule has 0 spiro atoms. The van der Waals surface area contributed by atoms with Crippen LogP contribution >= 0.6 is 0 Å². The van der Waals surface area contributed by atoms with Crippen LogP contribution in [0.5, 0.6) is 0 Å². The number of nitrogens with zero attached hydrogens (tertiary/aromatic N) is 1. The Morgan fingerprint density at radius 2 is 1.90 bits per heavy atom. The first-order valence-corrected chi connectivity index (χ1v) is 5.66. The summed E-state index contributed by atoms with van der Waals surface area (Å²) in [6.07, 6.45) is -3.09. The first-order chi connectivity index (χ1) is 9.29. The summed E-state index contributed by atoms with van der Waals surface area (Å²) in [5.74, 6) is -1.11. The van der Waals surface area contributed by atoms with Crippen LogP contribution in [0.2, 0.25) is 0 Å². The lowest BCUT2D eigenvalue weighted by Crippen LogP contribution is -2.07. The largest absolute Gasteiger partial charge is 0.478 e. The van der Waals surface area contributed by atoms with E-state index < -0.39 is 17.7 Å². The molecule has 0 atom stereocenters. The van der Waals surface area contributed by atoms with Crippen molar-refractivity contribution in [1.82, 2.24) is 4.98 Å². The molecule has 0 bridgehead atoms. The fourth-order valence-electron chi connectivity index (χ4n) is 1.86. The second kappa shape index (κ2) is 4.96. The van der Waals surface area contributed by atoms with Gasteiger partial charge in [-0.2, -0.15) is 13.2 Å². The van der Waals surface area contributed by atoms with Gasteiger partial charge in [0.05, 0.1) is 16.8 Å². The van der Waals surface area contributed by atoms with Crippen molar-refractivity contribution < 1.29 is 23.1 Å². The highest BCUT2D eigenvalue weighted by Gasteiger charge is 2.32. The number of hydrogen-bond acceptors (Lipinski definition) is 2. The van der Waals surface area contributed by atoms with Crippen molar-refractivity contribution in [2.45, 2.75) is 13.1 Å². The molecule has 3 nitrogen and oxygen atoms in total. The van der Waals surface area contributed by atoms with Gasteiger partial charge in [0, 0.05) is 11.8 Å². The maximum absolute atomic E-state index is 12.7. The molecule has 0 aliphatic carbocycles. The summed E-state index contributed by atoms with van der Waals surface area (Å²) in [6.45, 7) is 1.35. The molecule has 1 N–H and O–H groups in total. The number of hydrogen-bond donors (Lipinski definition) is 1. The van der Waals surface area contributed by atoms with Crippen molar-refractivity contribution in [1.29, 1.82) is 0 Å². The number of alkyl halides is 3. The number of aryl methyl sites for hydroxylation is 1. The van der Waals surface area contributed by atoms with Crippen molar-refractivity contribution in [3.8, 4) is 11.3 Å². The molecule has 0 unspecified atom stereocenters. The molecule has 0 saturated carbocycles. The number of aromatic carboxylic acids is 1. The highest BCUT2D eigenvalue weighted by molar-refractivity contribution is 5.88. The average Bonchev–Trinajstić information content (AvgIpc) is 2.37. The van der Waals surface area contributed by atoms with Crippen LogP contribution < -0.4 is 0 Å². The SMILES string of the molecule is Cc1cc(-c2cc(C(=O)O)ccn2)ccc1C(F)(F)F. The Morgan fingerprint density at radius 3 is 2.45 bits per heavy atom. The molecular weight excluding hydrogens is 271 g/mol. The third kappa shape index (κ3) is 2.79. The van der Waals surface area contributed by atoms with Gasteiger partial charge >= 0.3 is 12.1 Å². The summed E-state index contributed by atoms with van der Waals surface area (Å²) in [5, 5.41) is 8.89. The molecule has 1 heterocycles. The Hall–Kier alpha value is -2.37. The van der Waals surface area contributed by atoms with Crippen LogP contribution in [0.4, 0.5) is 13.2 Å². The van der Waals surface area contributed by atoms with Gasteiger partial charge in [-0.25, -0.2) is 4.79 Å².